The molecule has 1 unspecified atom stereocenters. The van der Waals surface area contributed by atoms with E-state index in [-0.39, 0.29) is 0 Å². The highest BCUT2D eigenvalue weighted by atomic mass is 35.5. The fraction of sp³-hybridized carbons (Fsp3) is 0.333. The molecule has 4 nitrogen and oxygen atoms in total. The minimum absolute atomic E-state index is 0.351. The third-order valence-electron chi connectivity index (χ3n) is 3.00. The van der Waals surface area contributed by atoms with E-state index in [0.717, 1.165) is 0 Å². The first-order valence-electron chi connectivity index (χ1n) is 6.47. The first kappa shape index (κ1) is 17.5. The lowest BCUT2D eigenvalue weighted by Crippen LogP contribution is -2.51. The summed E-state index contributed by atoms with van der Waals surface area (Å²) in [5.74, 6) is -1.55. The van der Waals surface area contributed by atoms with Gasteiger partial charge in [-0.15, -0.1) is 0 Å². The number of carboxylic acids is 1. The summed E-state index contributed by atoms with van der Waals surface area (Å²) in [7, 11) is 0. The maximum Gasteiger partial charge on any atom is 0.329 e. The minimum Gasteiger partial charge on any atom is -0.480 e. The zero-order valence-electron chi connectivity index (χ0n) is 11.8. The van der Waals surface area contributed by atoms with Crippen LogP contribution in [0.1, 0.15) is 32.3 Å². The van der Waals surface area contributed by atoms with Gasteiger partial charge in [-0.2, -0.15) is 0 Å². The number of nitrogens with one attached hydrogen (secondary N) is 1. The van der Waals surface area contributed by atoms with Gasteiger partial charge in [0, 0.05) is 16.1 Å². The Balaban J connectivity index is 2.80. The monoisotopic (exact) mass is 329 g/mol. The minimum atomic E-state index is -1.28. The van der Waals surface area contributed by atoms with Crippen molar-refractivity contribution in [2.24, 2.45) is 0 Å². The van der Waals surface area contributed by atoms with Crippen LogP contribution in [0.15, 0.2) is 24.3 Å². The average Bonchev–Trinajstić information content (AvgIpc) is 2.37. The number of rotatable bonds is 6. The van der Waals surface area contributed by atoms with Crippen LogP contribution in [0.5, 0.6) is 0 Å². The van der Waals surface area contributed by atoms with E-state index < -0.39 is 17.4 Å². The van der Waals surface area contributed by atoms with Crippen LogP contribution in [-0.4, -0.2) is 22.5 Å². The molecular weight excluding hydrogens is 313 g/mol. The summed E-state index contributed by atoms with van der Waals surface area (Å²) in [6.45, 7) is 3.34. The molecule has 21 heavy (non-hydrogen) atoms. The molecule has 2 N–H and O–H groups in total. The quantitative estimate of drug-likeness (QED) is 0.781. The Labute approximate surface area is 133 Å². The molecule has 1 amide bonds. The molecule has 0 saturated carbocycles. The predicted octanol–water partition coefficient (Wildman–Crippen LogP) is 3.77. The van der Waals surface area contributed by atoms with Crippen LogP contribution >= 0.6 is 23.2 Å². The number of hydrogen-bond acceptors (Lipinski definition) is 2. The molecule has 0 radical (unpaired) electrons. The molecule has 0 fully saturated rings. The second kappa shape index (κ2) is 7.48. The van der Waals surface area contributed by atoms with E-state index in [2.05, 4.69) is 5.32 Å². The van der Waals surface area contributed by atoms with Crippen molar-refractivity contribution in [1.29, 1.82) is 0 Å². The largest absolute Gasteiger partial charge is 0.480 e. The Hall–Kier alpha value is -1.52. The second-order valence-corrected chi connectivity index (χ2v) is 5.72. The molecular formula is C15H17Cl2NO3. The summed E-state index contributed by atoms with van der Waals surface area (Å²) < 4.78 is 0. The number of carbonyl (C=O) groups excluding carboxylic acids is 1. The van der Waals surface area contributed by atoms with Crippen molar-refractivity contribution >= 4 is 41.2 Å². The molecule has 1 aromatic carbocycles. The lowest BCUT2D eigenvalue weighted by atomic mass is 9.96. The van der Waals surface area contributed by atoms with Gasteiger partial charge >= 0.3 is 5.97 Å². The van der Waals surface area contributed by atoms with Crippen LogP contribution in [0.3, 0.4) is 0 Å². The summed E-state index contributed by atoms with van der Waals surface area (Å²) in [5.41, 5.74) is -0.649. The van der Waals surface area contributed by atoms with Crippen molar-refractivity contribution in [1.82, 2.24) is 5.32 Å². The van der Waals surface area contributed by atoms with Gasteiger partial charge in [0.25, 0.3) is 0 Å². The summed E-state index contributed by atoms with van der Waals surface area (Å²) in [6, 6.07) is 4.90. The van der Waals surface area contributed by atoms with E-state index in [0.29, 0.717) is 28.5 Å². The van der Waals surface area contributed by atoms with Gasteiger partial charge in [-0.1, -0.05) is 42.6 Å². The van der Waals surface area contributed by atoms with Gasteiger partial charge in [-0.05, 0) is 37.1 Å². The van der Waals surface area contributed by atoms with Crippen molar-refractivity contribution in [3.8, 4) is 0 Å². The third kappa shape index (κ3) is 5.06. The molecule has 1 aromatic rings. The van der Waals surface area contributed by atoms with E-state index in [9.17, 15) is 14.7 Å². The normalized spacial score (nSPS) is 13.9. The van der Waals surface area contributed by atoms with Gasteiger partial charge in [-0.3, -0.25) is 4.79 Å². The van der Waals surface area contributed by atoms with Crippen LogP contribution in [0.25, 0.3) is 6.08 Å². The Bertz CT molecular complexity index is 572. The number of hydrogen-bond donors (Lipinski definition) is 2. The van der Waals surface area contributed by atoms with Crippen LogP contribution in [0, 0.1) is 0 Å². The zero-order chi connectivity index (χ0) is 16.0. The van der Waals surface area contributed by atoms with Crippen LogP contribution in [0.4, 0.5) is 0 Å². The second-order valence-electron chi connectivity index (χ2n) is 4.88. The Morgan fingerprint density at radius 3 is 2.57 bits per heavy atom. The van der Waals surface area contributed by atoms with Crippen molar-refractivity contribution in [2.45, 2.75) is 32.2 Å². The fourth-order valence-corrected chi connectivity index (χ4v) is 2.31. The molecule has 0 heterocycles. The highest BCUT2D eigenvalue weighted by Crippen LogP contribution is 2.22. The molecule has 114 valence electrons. The molecule has 0 saturated heterocycles. The first-order chi connectivity index (χ1) is 9.78. The fourth-order valence-electron chi connectivity index (χ4n) is 1.84. The Kier molecular flexibility index (Phi) is 6.24. The van der Waals surface area contributed by atoms with Gasteiger partial charge in [0.1, 0.15) is 5.54 Å². The molecule has 0 aliphatic rings. The van der Waals surface area contributed by atoms with Crippen molar-refractivity contribution in [2.75, 3.05) is 0 Å². The van der Waals surface area contributed by atoms with E-state index in [4.69, 9.17) is 23.2 Å². The lowest BCUT2D eigenvalue weighted by molar-refractivity contribution is -0.146. The maximum absolute atomic E-state index is 11.9. The van der Waals surface area contributed by atoms with E-state index >= 15 is 0 Å². The van der Waals surface area contributed by atoms with Gasteiger partial charge in [0.2, 0.25) is 5.91 Å². The standard InChI is InChI=1S/C15H17Cl2NO3/c1-3-8-15(2,14(20)21)18-13(19)7-5-10-4-6-11(16)9-12(10)17/h4-7,9H,3,8H2,1-2H3,(H,18,19)(H,20,21)/b7-5+. The van der Waals surface area contributed by atoms with E-state index in [1.54, 1.807) is 18.2 Å². The highest BCUT2D eigenvalue weighted by molar-refractivity contribution is 6.35. The summed E-state index contributed by atoms with van der Waals surface area (Å²) in [5, 5.41) is 12.6. The molecule has 6 heteroatoms. The van der Waals surface area contributed by atoms with E-state index in [1.165, 1.54) is 19.1 Å². The molecule has 0 bridgehead atoms. The van der Waals surface area contributed by atoms with Gasteiger partial charge < -0.3 is 10.4 Å². The van der Waals surface area contributed by atoms with Crippen LogP contribution < -0.4 is 5.32 Å². The topological polar surface area (TPSA) is 66.4 Å². The van der Waals surface area contributed by atoms with Crippen LogP contribution in [0.2, 0.25) is 10.0 Å². The maximum atomic E-state index is 11.9. The highest BCUT2D eigenvalue weighted by Gasteiger charge is 2.33. The number of aliphatic carboxylic acids is 1. The van der Waals surface area contributed by atoms with Gasteiger partial charge in [-0.25, -0.2) is 4.79 Å². The number of halogens is 2. The summed E-state index contributed by atoms with van der Waals surface area (Å²) >= 11 is 11.8. The number of amides is 1. The van der Waals surface area contributed by atoms with Crippen molar-refractivity contribution in [3.63, 3.8) is 0 Å². The van der Waals surface area contributed by atoms with E-state index in [1.807, 2.05) is 6.92 Å². The third-order valence-corrected chi connectivity index (χ3v) is 3.56. The predicted molar refractivity (Wildman–Crippen MR) is 84.6 cm³/mol. The molecule has 0 aliphatic carbocycles. The Morgan fingerprint density at radius 1 is 1.38 bits per heavy atom. The SMILES string of the molecule is CCCC(C)(NC(=O)/C=C/c1ccc(Cl)cc1Cl)C(=O)O. The molecule has 0 aliphatic heterocycles. The summed E-state index contributed by atoms with van der Waals surface area (Å²) in [4.78, 5) is 23.1. The molecule has 1 rings (SSSR count). The van der Waals surface area contributed by atoms with Crippen molar-refractivity contribution < 1.29 is 14.7 Å². The molecule has 1 atom stereocenters. The number of benzene rings is 1. The van der Waals surface area contributed by atoms with Gasteiger partial charge in [0.05, 0.1) is 0 Å². The number of carboxylic acid groups (broad SMARTS) is 1. The number of carbonyl (C=O) groups is 2. The Morgan fingerprint density at radius 2 is 2.05 bits per heavy atom. The van der Waals surface area contributed by atoms with Crippen molar-refractivity contribution in [3.05, 3.63) is 39.9 Å². The first-order valence-corrected chi connectivity index (χ1v) is 7.23. The average molecular weight is 330 g/mol. The molecule has 0 spiro atoms. The molecule has 0 aromatic heterocycles. The van der Waals surface area contributed by atoms with Crippen LogP contribution in [-0.2, 0) is 9.59 Å². The zero-order valence-corrected chi connectivity index (χ0v) is 13.3. The smallest absolute Gasteiger partial charge is 0.329 e. The summed E-state index contributed by atoms with van der Waals surface area (Å²) in [6.07, 6.45) is 3.77. The van der Waals surface area contributed by atoms with Gasteiger partial charge in [0.15, 0.2) is 0 Å². The lowest BCUT2D eigenvalue weighted by Gasteiger charge is -2.24.